The second-order valence-electron chi connectivity index (χ2n) is 8.80. The van der Waals surface area contributed by atoms with Gasteiger partial charge in [0, 0.05) is 22.9 Å². The van der Waals surface area contributed by atoms with Gasteiger partial charge in [-0.05, 0) is 54.1 Å². The molecule has 180 valence electrons. The number of carbonyl (C=O) groups excluding carboxylic acids is 1. The Kier molecular flexibility index (Phi) is 5.91. The van der Waals surface area contributed by atoms with Crippen LogP contribution in [-0.4, -0.2) is 16.6 Å². The van der Waals surface area contributed by atoms with Crippen LogP contribution in [0, 0.1) is 5.82 Å². The van der Waals surface area contributed by atoms with Crippen molar-refractivity contribution >= 4 is 22.5 Å². The minimum absolute atomic E-state index is 0.210. The summed E-state index contributed by atoms with van der Waals surface area (Å²) in [6.45, 7) is 0. The maximum Gasteiger partial charge on any atom is 0.272 e. The van der Waals surface area contributed by atoms with E-state index >= 15 is 0 Å². The van der Waals surface area contributed by atoms with E-state index in [1.165, 1.54) is 12.1 Å². The molecule has 1 N–H and O–H groups in total. The molecule has 0 radical (unpaired) electrons. The summed E-state index contributed by atoms with van der Waals surface area (Å²) in [5.41, 5.74) is 7.80. The molecule has 4 aromatic carbocycles. The van der Waals surface area contributed by atoms with E-state index in [1.54, 1.807) is 18.2 Å². The lowest BCUT2D eigenvalue weighted by Gasteiger charge is -2.27. The molecule has 37 heavy (non-hydrogen) atoms. The van der Waals surface area contributed by atoms with E-state index < -0.39 is 0 Å². The fourth-order valence-electron chi connectivity index (χ4n) is 4.56. The monoisotopic (exact) mass is 487 g/mol. The molecule has 0 aliphatic carbocycles. The summed E-state index contributed by atoms with van der Waals surface area (Å²) in [6.07, 6.45) is 0.303. The van der Waals surface area contributed by atoms with E-state index in [-0.39, 0.29) is 17.8 Å². The third-order valence-corrected chi connectivity index (χ3v) is 6.41. The first kappa shape index (κ1) is 22.6. The average Bonchev–Trinajstić information content (AvgIpc) is 2.96. The molecule has 5 aromatic rings. The summed E-state index contributed by atoms with van der Waals surface area (Å²) in [7, 11) is 0. The number of amides is 1. The standard InChI is InChI=1S/C31H22FN3O2/c32-22-16-14-20(15-17-22)27-18-25(23-10-4-6-12-26(23)33-27)31(36)35-34-28-19-30(21-8-2-1-3-9-21)37-29-13-7-5-11-24(28)29/h1-18,30H,19H2,(H,35,36)/b34-28+. The van der Waals surface area contributed by atoms with Gasteiger partial charge in [0.1, 0.15) is 17.7 Å². The average molecular weight is 488 g/mol. The first-order valence-corrected chi connectivity index (χ1v) is 12.0. The van der Waals surface area contributed by atoms with Crippen molar-refractivity contribution in [3.63, 3.8) is 0 Å². The molecule has 0 spiro atoms. The number of nitrogens with zero attached hydrogens (tertiary/aromatic N) is 2. The molecule has 1 aromatic heterocycles. The van der Waals surface area contributed by atoms with Gasteiger partial charge in [-0.3, -0.25) is 4.79 Å². The molecule has 1 atom stereocenters. The van der Waals surface area contributed by atoms with E-state index in [4.69, 9.17) is 4.74 Å². The van der Waals surface area contributed by atoms with Gasteiger partial charge in [-0.25, -0.2) is 14.8 Å². The number of nitrogens with one attached hydrogen (secondary N) is 1. The lowest BCUT2D eigenvalue weighted by atomic mass is 9.96. The molecule has 6 heteroatoms. The zero-order chi connectivity index (χ0) is 25.2. The number of pyridine rings is 1. The number of ether oxygens (including phenoxy) is 1. The second-order valence-corrected chi connectivity index (χ2v) is 8.80. The van der Waals surface area contributed by atoms with Crippen molar-refractivity contribution in [3.8, 4) is 17.0 Å². The highest BCUT2D eigenvalue weighted by Gasteiger charge is 2.26. The molecular formula is C31H22FN3O2. The maximum atomic E-state index is 13.5. The summed E-state index contributed by atoms with van der Waals surface area (Å²) in [5.74, 6) is 0.0436. The number of rotatable bonds is 4. The summed E-state index contributed by atoms with van der Waals surface area (Å²) in [5, 5.41) is 5.27. The Balaban J connectivity index is 1.36. The van der Waals surface area contributed by atoms with Crippen molar-refractivity contribution in [2.75, 3.05) is 0 Å². The fourth-order valence-corrected chi connectivity index (χ4v) is 4.56. The van der Waals surface area contributed by atoms with Gasteiger partial charge in [0.25, 0.3) is 5.91 Å². The fraction of sp³-hybridized carbons (Fsp3) is 0.0645. The lowest BCUT2D eigenvalue weighted by molar-refractivity contribution is 0.0956. The van der Waals surface area contributed by atoms with Crippen LogP contribution < -0.4 is 10.2 Å². The topological polar surface area (TPSA) is 63.6 Å². The van der Waals surface area contributed by atoms with Crippen LogP contribution in [0.4, 0.5) is 4.39 Å². The van der Waals surface area contributed by atoms with Crippen LogP contribution in [0.2, 0.25) is 0 Å². The zero-order valence-corrected chi connectivity index (χ0v) is 19.8. The third kappa shape index (κ3) is 4.57. The van der Waals surface area contributed by atoms with Gasteiger partial charge in [-0.2, -0.15) is 5.10 Å². The Morgan fingerprint density at radius 1 is 0.892 bits per heavy atom. The molecule has 0 fully saturated rings. The molecule has 2 heterocycles. The van der Waals surface area contributed by atoms with E-state index in [9.17, 15) is 9.18 Å². The van der Waals surface area contributed by atoms with Crippen LogP contribution in [0.15, 0.2) is 114 Å². The molecule has 0 saturated carbocycles. The molecule has 1 amide bonds. The highest BCUT2D eigenvalue weighted by molar-refractivity contribution is 6.09. The largest absolute Gasteiger partial charge is 0.485 e. The minimum atomic E-state index is -0.352. The summed E-state index contributed by atoms with van der Waals surface area (Å²) < 4.78 is 19.7. The van der Waals surface area contributed by atoms with Crippen LogP contribution >= 0.6 is 0 Å². The number of carbonyl (C=O) groups is 1. The zero-order valence-electron chi connectivity index (χ0n) is 19.8. The molecule has 0 saturated heterocycles. The predicted octanol–water partition coefficient (Wildman–Crippen LogP) is 6.70. The molecular weight excluding hydrogens is 465 g/mol. The summed E-state index contributed by atoms with van der Waals surface area (Å²) >= 11 is 0. The van der Waals surface area contributed by atoms with Gasteiger partial charge < -0.3 is 4.74 Å². The molecule has 0 bridgehead atoms. The molecule has 5 nitrogen and oxygen atoms in total. The number of halogens is 1. The van der Waals surface area contributed by atoms with Crippen LogP contribution in [0.1, 0.15) is 34.0 Å². The highest BCUT2D eigenvalue weighted by atomic mass is 19.1. The van der Waals surface area contributed by atoms with Crippen LogP contribution in [0.5, 0.6) is 5.75 Å². The Morgan fingerprint density at radius 3 is 2.46 bits per heavy atom. The highest BCUT2D eigenvalue weighted by Crippen LogP contribution is 2.35. The Morgan fingerprint density at radius 2 is 1.62 bits per heavy atom. The number of aromatic nitrogens is 1. The van der Waals surface area contributed by atoms with Gasteiger partial charge in [-0.15, -0.1) is 0 Å². The lowest BCUT2D eigenvalue weighted by Crippen LogP contribution is -2.25. The Bertz CT molecular complexity index is 1630. The van der Waals surface area contributed by atoms with E-state index in [0.29, 0.717) is 28.6 Å². The quantitative estimate of drug-likeness (QED) is 0.287. The SMILES string of the molecule is O=C(N/N=C1\CC(c2ccccc2)Oc2ccccc21)c1cc(-c2ccc(F)cc2)nc2ccccc12. The van der Waals surface area contributed by atoms with Crippen molar-refractivity contribution < 1.29 is 13.9 Å². The normalized spacial score (nSPS) is 15.7. The Hall–Kier alpha value is -4.84. The van der Waals surface area contributed by atoms with Gasteiger partial charge >= 0.3 is 0 Å². The van der Waals surface area contributed by atoms with Crippen molar-refractivity contribution in [1.82, 2.24) is 10.4 Å². The van der Waals surface area contributed by atoms with Crippen molar-refractivity contribution in [2.45, 2.75) is 12.5 Å². The number of benzene rings is 4. The van der Waals surface area contributed by atoms with Gasteiger partial charge in [0.15, 0.2) is 0 Å². The summed E-state index contributed by atoms with van der Waals surface area (Å²) in [4.78, 5) is 18.2. The van der Waals surface area contributed by atoms with Crippen LogP contribution in [0.3, 0.4) is 0 Å². The van der Waals surface area contributed by atoms with E-state index in [1.807, 2.05) is 78.9 Å². The first-order valence-electron chi connectivity index (χ1n) is 12.0. The first-order chi connectivity index (χ1) is 18.2. The number of hydrogen-bond donors (Lipinski definition) is 1. The summed E-state index contributed by atoms with van der Waals surface area (Å²) in [6, 6.07) is 32.9. The second kappa shape index (κ2) is 9.66. The third-order valence-electron chi connectivity index (χ3n) is 6.41. The maximum absolute atomic E-state index is 13.5. The van der Waals surface area contributed by atoms with Gasteiger partial charge in [-0.1, -0.05) is 60.7 Å². The van der Waals surface area contributed by atoms with Gasteiger partial charge in [0.05, 0.1) is 22.5 Å². The van der Waals surface area contributed by atoms with Crippen LogP contribution in [0.25, 0.3) is 22.2 Å². The predicted molar refractivity (Wildman–Crippen MR) is 142 cm³/mol. The van der Waals surface area contributed by atoms with Crippen molar-refractivity contribution in [2.24, 2.45) is 5.10 Å². The molecule has 1 aliphatic rings. The van der Waals surface area contributed by atoms with Crippen LogP contribution in [-0.2, 0) is 0 Å². The number of fused-ring (bicyclic) bond motifs is 2. The van der Waals surface area contributed by atoms with Gasteiger partial charge in [0.2, 0.25) is 0 Å². The number of hydrogen-bond acceptors (Lipinski definition) is 4. The minimum Gasteiger partial charge on any atom is -0.485 e. The number of para-hydroxylation sites is 2. The van der Waals surface area contributed by atoms with E-state index in [2.05, 4.69) is 15.5 Å². The smallest absolute Gasteiger partial charge is 0.272 e. The molecule has 1 aliphatic heterocycles. The van der Waals surface area contributed by atoms with E-state index in [0.717, 1.165) is 28.2 Å². The molecule has 6 rings (SSSR count). The van der Waals surface area contributed by atoms with Crippen molar-refractivity contribution in [1.29, 1.82) is 0 Å². The van der Waals surface area contributed by atoms with Crippen molar-refractivity contribution in [3.05, 3.63) is 132 Å². The Labute approximate surface area is 213 Å². The number of hydrazone groups is 1. The molecule has 1 unspecified atom stereocenters.